The van der Waals surface area contributed by atoms with Gasteiger partial charge in [0.25, 0.3) is 0 Å². The molecule has 1 aliphatic heterocycles. The lowest BCUT2D eigenvalue weighted by molar-refractivity contribution is 0.296. The molecule has 0 bridgehead atoms. The lowest BCUT2D eigenvalue weighted by Gasteiger charge is -2.32. The smallest absolute Gasteiger partial charge is 0.136 e. The largest absolute Gasteiger partial charge is 0.495 e. The van der Waals surface area contributed by atoms with Crippen molar-refractivity contribution >= 4 is 31.9 Å². The molecule has 1 aromatic carbocycles. The Morgan fingerprint density at radius 2 is 2.10 bits per heavy atom. The van der Waals surface area contributed by atoms with Crippen LogP contribution in [0.25, 0.3) is 0 Å². The molecule has 0 aromatic heterocycles. The highest BCUT2D eigenvalue weighted by molar-refractivity contribution is 9.11. The van der Waals surface area contributed by atoms with Gasteiger partial charge in [-0.05, 0) is 71.8 Å². The van der Waals surface area contributed by atoms with Crippen molar-refractivity contribution in [3.8, 4) is 5.75 Å². The molecule has 0 radical (unpaired) electrons. The van der Waals surface area contributed by atoms with E-state index < -0.39 is 0 Å². The van der Waals surface area contributed by atoms with Gasteiger partial charge in [-0.15, -0.1) is 0 Å². The van der Waals surface area contributed by atoms with Crippen LogP contribution in [0, 0.1) is 5.92 Å². The lowest BCUT2D eigenvalue weighted by Crippen LogP contribution is -2.43. The molecule has 1 unspecified atom stereocenters. The van der Waals surface area contributed by atoms with Crippen molar-refractivity contribution in [2.24, 2.45) is 5.92 Å². The summed E-state index contributed by atoms with van der Waals surface area (Å²) in [6, 6.07) is 4.23. The van der Waals surface area contributed by atoms with Crippen LogP contribution >= 0.6 is 31.9 Å². The average Bonchev–Trinajstić information content (AvgIpc) is 2.75. The fraction of sp³-hybridized carbons (Fsp3) is 0.625. The fourth-order valence-corrected chi connectivity index (χ4v) is 4.86. The molecule has 1 fully saturated rings. The third kappa shape index (κ3) is 3.77. The van der Waals surface area contributed by atoms with Gasteiger partial charge in [-0.1, -0.05) is 29.8 Å². The van der Waals surface area contributed by atoms with Crippen molar-refractivity contribution < 1.29 is 4.74 Å². The average molecular weight is 405 g/mol. The zero-order chi connectivity index (χ0) is 14.8. The van der Waals surface area contributed by atoms with E-state index >= 15 is 0 Å². The normalized spacial score (nSPS) is 22.5. The molecule has 0 aliphatic carbocycles. The number of ether oxygens (including phenoxy) is 1. The van der Waals surface area contributed by atoms with Crippen LogP contribution in [0.3, 0.4) is 0 Å². The van der Waals surface area contributed by atoms with E-state index in [9.17, 15) is 0 Å². The molecule has 0 saturated carbocycles. The van der Waals surface area contributed by atoms with E-state index in [0.29, 0.717) is 5.92 Å². The number of hydrogen-bond donors (Lipinski definition) is 1. The second kappa shape index (κ2) is 6.80. The molecule has 1 aromatic rings. The number of rotatable bonds is 5. The van der Waals surface area contributed by atoms with Crippen molar-refractivity contribution in [1.82, 2.24) is 5.32 Å². The van der Waals surface area contributed by atoms with Gasteiger partial charge in [-0.2, -0.15) is 0 Å². The Balaban J connectivity index is 2.31. The molecule has 1 N–H and O–H groups in total. The van der Waals surface area contributed by atoms with Crippen LogP contribution in [-0.2, 0) is 6.42 Å². The second-order valence-electron chi connectivity index (χ2n) is 6.17. The number of methoxy groups -OCH3 is 1. The van der Waals surface area contributed by atoms with Crippen LogP contribution in [0.15, 0.2) is 21.1 Å². The van der Waals surface area contributed by atoms with Crippen LogP contribution in [0.1, 0.15) is 38.7 Å². The summed E-state index contributed by atoms with van der Waals surface area (Å²) in [6.07, 6.45) is 4.75. The lowest BCUT2D eigenvalue weighted by atomic mass is 9.82. The van der Waals surface area contributed by atoms with Crippen LogP contribution in [0.2, 0.25) is 0 Å². The monoisotopic (exact) mass is 403 g/mol. The highest BCUT2D eigenvalue weighted by atomic mass is 79.9. The van der Waals surface area contributed by atoms with Crippen LogP contribution < -0.4 is 10.1 Å². The van der Waals surface area contributed by atoms with E-state index in [0.717, 1.165) is 27.7 Å². The summed E-state index contributed by atoms with van der Waals surface area (Å²) in [5.74, 6) is 1.66. The van der Waals surface area contributed by atoms with Gasteiger partial charge >= 0.3 is 0 Å². The van der Waals surface area contributed by atoms with Crippen LogP contribution in [-0.4, -0.2) is 19.2 Å². The van der Waals surface area contributed by atoms with E-state index in [4.69, 9.17) is 4.74 Å². The molecular weight excluding hydrogens is 382 g/mol. The second-order valence-corrected chi connectivity index (χ2v) is 7.94. The number of halogens is 2. The Kier molecular flexibility index (Phi) is 5.55. The zero-order valence-electron chi connectivity index (χ0n) is 12.4. The quantitative estimate of drug-likeness (QED) is 0.750. The third-order valence-electron chi connectivity index (χ3n) is 3.95. The topological polar surface area (TPSA) is 21.3 Å². The number of hydrogen-bond acceptors (Lipinski definition) is 2. The first-order chi connectivity index (χ1) is 9.46. The van der Waals surface area contributed by atoms with Crippen molar-refractivity contribution in [1.29, 1.82) is 0 Å². The van der Waals surface area contributed by atoms with Gasteiger partial charge in [0, 0.05) is 10.0 Å². The Bertz CT molecular complexity index is 468. The molecule has 1 heterocycles. The fourth-order valence-electron chi connectivity index (χ4n) is 3.39. The summed E-state index contributed by atoms with van der Waals surface area (Å²) in [4.78, 5) is 0. The van der Waals surface area contributed by atoms with E-state index in [1.165, 1.54) is 24.8 Å². The standard InChI is InChI=1S/C16H23Br2NO/c1-11(2)9-16(5-4-6-19-16)10-12-7-13(17)8-14(18)15(12)20-3/h7-8,11,19H,4-6,9-10H2,1-3H3. The zero-order valence-corrected chi connectivity index (χ0v) is 15.6. The first-order valence-electron chi connectivity index (χ1n) is 7.23. The summed E-state index contributed by atoms with van der Waals surface area (Å²) in [5, 5.41) is 3.75. The minimum atomic E-state index is 0.224. The maximum Gasteiger partial charge on any atom is 0.136 e. The molecular formula is C16H23Br2NO. The minimum Gasteiger partial charge on any atom is -0.495 e. The highest BCUT2D eigenvalue weighted by Gasteiger charge is 2.35. The number of benzene rings is 1. The molecule has 2 rings (SSSR count). The summed E-state index contributed by atoms with van der Waals surface area (Å²) in [5.41, 5.74) is 1.49. The summed E-state index contributed by atoms with van der Waals surface area (Å²) in [7, 11) is 1.74. The molecule has 0 amide bonds. The van der Waals surface area contributed by atoms with Crippen molar-refractivity contribution in [3.63, 3.8) is 0 Å². The molecule has 20 heavy (non-hydrogen) atoms. The van der Waals surface area contributed by atoms with E-state index in [-0.39, 0.29) is 5.54 Å². The van der Waals surface area contributed by atoms with Gasteiger partial charge in [-0.3, -0.25) is 0 Å². The minimum absolute atomic E-state index is 0.224. The maximum atomic E-state index is 5.60. The van der Waals surface area contributed by atoms with E-state index in [1.807, 2.05) is 6.07 Å². The maximum absolute atomic E-state index is 5.60. The predicted molar refractivity (Wildman–Crippen MR) is 91.5 cm³/mol. The third-order valence-corrected chi connectivity index (χ3v) is 5.00. The molecule has 112 valence electrons. The van der Waals surface area contributed by atoms with Crippen molar-refractivity contribution in [2.45, 2.75) is 45.1 Å². The Labute approximate surface area is 138 Å². The van der Waals surface area contributed by atoms with Gasteiger partial charge in [0.2, 0.25) is 0 Å². The van der Waals surface area contributed by atoms with Gasteiger partial charge < -0.3 is 10.1 Å². The Morgan fingerprint density at radius 3 is 2.65 bits per heavy atom. The van der Waals surface area contributed by atoms with Gasteiger partial charge in [0.1, 0.15) is 5.75 Å². The summed E-state index contributed by atoms with van der Waals surface area (Å²) < 4.78 is 7.71. The molecule has 2 nitrogen and oxygen atoms in total. The van der Waals surface area contributed by atoms with Gasteiger partial charge in [0.15, 0.2) is 0 Å². The first kappa shape index (κ1) is 16.3. The summed E-state index contributed by atoms with van der Waals surface area (Å²) in [6.45, 7) is 5.73. The number of nitrogens with one attached hydrogen (secondary N) is 1. The van der Waals surface area contributed by atoms with Gasteiger partial charge in [-0.25, -0.2) is 0 Å². The predicted octanol–water partition coefficient (Wildman–Crippen LogP) is 4.93. The van der Waals surface area contributed by atoms with Gasteiger partial charge in [0.05, 0.1) is 11.6 Å². The van der Waals surface area contributed by atoms with E-state index in [1.54, 1.807) is 7.11 Å². The molecule has 0 spiro atoms. The first-order valence-corrected chi connectivity index (χ1v) is 8.81. The highest BCUT2D eigenvalue weighted by Crippen LogP contribution is 2.38. The Hall–Kier alpha value is -0.0600. The molecule has 1 saturated heterocycles. The van der Waals surface area contributed by atoms with Crippen molar-refractivity contribution in [2.75, 3.05) is 13.7 Å². The van der Waals surface area contributed by atoms with Crippen molar-refractivity contribution in [3.05, 3.63) is 26.6 Å². The van der Waals surface area contributed by atoms with Crippen LogP contribution in [0.5, 0.6) is 5.75 Å². The van der Waals surface area contributed by atoms with Crippen LogP contribution in [0.4, 0.5) is 0 Å². The SMILES string of the molecule is COc1c(Br)cc(Br)cc1CC1(CC(C)C)CCCN1. The Morgan fingerprint density at radius 1 is 1.35 bits per heavy atom. The molecule has 4 heteroatoms. The van der Waals surface area contributed by atoms with E-state index in [2.05, 4.69) is 57.1 Å². The molecule has 1 atom stereocenters. The summed E-state index contributed by atoms with van der Waals surface area (Å²) >= 11 is 7.19. The molecule has 1 aliphatic rings.